The van der Waals surface area contributed by atoms with Crippen LogP contribution in [0.3, 0.4) is 0 Å². The number of allylic oxidation sites excluding steroid dienone is 4. The highest BCUT2D eigenvalue weighted by atomic mass is 29.3. The number of rotatable bonds is 4. The standard InChI is InChI=1S/C16H32OSi2/c1-15(2,3)19(8,18(6,7)13-17)16(4,5)14-11-9-10-12-14/h9-11,17H,12-13H2,1-8H3. The lowest BCUT2D eigenvalue weighted by molar-refractivity contribution is 0.360. The molecule has 1 aliphatic rings. The van der Waals surface area contributed by atoms with Gasteiger partial charge in [0, 0.05) is 6.23 Å². The van der Waals surface area contributed by atoms with Gasteiger partial charge in [0.1, 0.15) is 0 Å². The molecule has 0 aromatic carbocycles. The zero-order valence-electron chi connectivity index (χ0n) is 14.1. The van der Waals surface area contributed by atoms with Gasteiger partial charge >= 0.3 is 0 Å². The highest BCUT2D eigenvalue weighted by Gasteiger charge is 2.60. The van der Waals surface area contributed by atoms with Crippen molar-refractivity contribution < 1.29 is 5.11 Å². The highest BCUT2D eigenvalue weighted by Crippen LogP contribution is 2.59. The maximum atomic E-state index is 10.1. The van der Waals surface area contributed by atoms with Crippen LogP contribution in [0.1, 0.15) is 41.0 Å². The number of hydrogen-bond donors (Lipinski definition) is 1. The first-order valence-corrected chi connectivity index (χ1v) is 14.1. The van der Waals surface area contributed by atoms with E-state index < -0.39 is 15.2 Å². The summed E-state index contributed by atoms with van der Waals surface area (Å²) in [4.78, 5) is 0. The van der Waals surface area contributed by atoms with E-state index in [4.69, 9.17) is 0 Å². The van der Waals surface area contributed by atoms with E-state index in [1.807, 2.05) is 0 Å². The molecule has 0 saturated heterocycles. The first-order chi connectivity index (χ1) is 8.42. The van der Waals surface area contributed by atoms with E-state index >= 15 is 0 Å². The SMILES string of the molecule is CC(C)(C)[Si](C)(C(C)(C)C1=CC=CC1)[Si](C)(C)CO. The fourth-order valence-corrected chi connectivity index (χ4v) is 23.5. The molecule has 1 rings (SSSR count). The fourth-order valence-electron chi connectivity index (χ4n) is 4.19. The zero-order valence-corrected chi connectivity index (χ0v) is 16.1. The van der Waals surface area contributed by atoms with Crippen LogP contribution >= 0.6 is 0 Å². The third kappa shape index (κ3) is 2.45. The summed E-state index contributed by atoms with van der Waals surface area (Å²) < 4.78 is 0. The van der Waals surface area contributed by atoms with Crippen molar-refractivity contribution in [3.05, 3.63) is 23.8 Å². The molecule has 1 N–H and O–H groups in total. The number of hydrogen-bond acceptors (Lipinski definition) is 1. The summed E-state index contributed by atoms with van der Waals surface area (Å²) in [6.45, 7) is 19.4. The Balaban J connectivity index is 3.41. The van der Waals surface area contributed by atoms with Crippen molar-refractivity contribution in [2.75, 3.05) is 6.23 Å². The van der Waals surface area contributed by atoms with Gasteiger partial charge in [-0.2, -0.15) is 0 Å². The van der Waals surface area contributed by atoms with E-state index in [0.717, 1.165) is 6.42 Å². The Kier molecular flexibility index (Phi) is 4.46. The van der Waals surface area contributed by atoms with E-state index in [1.54, 1.807) is 5.57 Å². The van der Waals surface area contributed by atoms with Gasteiger partial charge < -0.3 is 5.11 Å². The number of aliphatic hydroxyl groups excluding tert-OH is 1. The average Bonchev–Trinajstić information content (AvgIpc) is 2.79. The molecule has 0 fully saturated rings. The molecule has 0 aliphatic heterocycles. The van der Waals surface area contributed by atoms with Gasteiger partial charge in [-0.05, 0) is 16.5 Å². The Morgan fingerprint density at radius 2 is 1.63 bits per heavy atom. The minimum atomic E-state index is -1.69. The van der Waals surface area contributed by atoms with Crippen molar-refractivity contribution in [2.45, 2.75) is 70.8 Å². The van der Waals surface area contributed by atoms with Gasteiger partial charge in [-0.15, -0.1) is 0 Å². The molecular weight excluding hydrogens is 264 g/mol. The molecule has 0 saturated carbocycles. The molecule has 0 amide bonds. The normalized spacial score (nSPS) is 20.4. The van der Waals surface area contributed by atoms with Crippen molar-refractivity contribution in [3.8, 4) is 0 Å². The largest absolute Gasteiger partial charge is 0.400 e. The predicted molar refractivity (Wildman–Crippen MR) is 91.8 cm³/mol. The Hall–Kier alpha value is -0.126. The van der Waals surface area contributed by atoms with Gasteiger partial charge in [0.2, 0.25) is 0 Å². The van der Waals surface area contributed by atoms with Crippen LogP contribution < -0.4 is 0 Å². The minimum Gasteiger partial charge on any atom is -0.400 e. The van der Waals surface area contributed by atoms with Crippen molar-refractivity contribution in [1.82, 2.24) is 0 Å². The maximum Gasteiger partial charge on any atom is 0.0727 e. The van der Waals surface area contributed by atoms with Crippen LogP contribution in [0.2, 0.25) is 29.7 Å². The summed E-state index contributed by atoms with van der Waals surface area (Å²) in [5.41, 5.74) is 1.57. The summed E-state index contributed by atoms with van der Waals surface area (Å²) >= 11 is 0. The predicted octanol–water partition coefficient (Wildman–Crippen LogP) is 4.85. The van der Waals surface area contributed by atoms with E-state index in [9.17, 15) is 5.11 Å². The van der Waals surface area contributed by atoms with Gasteiger partial charge in [-0.1, -0.05) is 78.1 Å². The molecule has 0 aromatic rings. The Bertz CT molecular complexity index is 399. The van der Waals surface area contributed by atoms with Crippen molar-refractivity contribution in [1.29, 1.82) is 0 Å². The second-order valence-corrected chi connectivity index (χ2v) is 24.5. The molecule has 1 atom stereocenters. The van der Waals surface area contributed by atoms with Crippen LogP contribution in [0.5, 0.6) is 0 Å². The number of aliphatic hydroxyl groups is 1. The average molecular weight is 297 g/mol. The molecule has 110 valence electrons. The van der Waals surface area contributed by atoms with Crippen LogP contribution in [0.25, 0.3) is 0 Å². The molecule has 1 nitrogen and oxygen atoms in total. The van der Waals surface area contributed by atoms with Gasteiger partial charge in [0.15, 0.2) is 0 Å². The molecule has 0 aromatic heterocycles. The maximum absolute atomic E-state index is 10.1. The lowest BCUT2D eigenvalue weighted by Crippen LogP contribution is -2.70. The zero-order chi connectivity index (χ0) is 15.1. The van der Waals surface area contributed by atoms with E-state index in [0.29, 0.717) is 11.3 Å². The molecule has 1 aliphatic carbocycles. The molecule has 0 radical (unpaired) electrons. The first-order valence-electron chi connectivity index (χ1n) is 7.39. The summed E-state index contributed by atoms with van der Waals surface area (Å²) in [6, 6.07) is 0. The van der Waals surface area contributed by atoms with Gasteiger partial charge in [0.05, 0.1) is 15.2 Å². The van der Waals surface area contributed by atoms with Crippen LogP contribution in [-0.4, -0.2) is 26.5 Å². The molecule has 0 bridgehead atoms. The van der Waals surface area contributed by atoms with E-state index in [1.165, 1.54) is 0 Å². The van der Waals surface area contributed by atoms with Crippen LogP contribution in [0.4, 0.5) is 0 Å². The third-order valence-corrected chi connectivity index (χ3v) is 28.1. The summed E-state index contributed by atoms with van der Waals surface area (Å²) in [7, 11) is -3.33. The quantitative estimate of drug-likeness (QED) is 0.735. The Labute approximate surface area is 121 Å². The van der Waals surface area contributed by atoms with Crippen molar-refractivity contribution in [2.24, 2.45) is 0 Å². The topological polar surface area (TPSA) is 20.2 Å². The monoisotopic (exact) mass is 296 g/mol. The summed E-state index contributed by atoms with van der Waals surface area (Å²) in [5, 5.41) is 10.6. The van der Waals surface area contributed by atoms with Crippen molar-refractivity contribution >= 4 is 15.2 Å². The van der Waals surface area contributed by atoms with E-state index in [2.05, 4.69) is 72.5 Å². The second-order valence-electron chi connectivity index (χ2n) is 8.37. The molecule has 0 spiro atoms. The van der Waals surface area contributed by atoms with E-state index in [-0.39, 0.29) is 5.04 Å². The molecule has 3 heteroatoms. The highest BCUT2D eigenvalue weighted by molar-refractivity contribution is 7.43. The van der Waals surface area contributed by atoms with Gasteiger partial charge in [0.25, 0.3) is 0 Å². The van der Waals surface area contributed by atoms with Crippen molar-refractivity contribution in [3.63, 3.8) is 0 Å². The second kappa shape index (κ2) is 5.01. The van der Waals surface area contributed by atoms with Crippen LogP contribution in [0, 0.1) is 0 Å². The van der Waals surface area contributed by atoms with Crippen LogP contribution in [0.15, 0.2) is 23.8 Å². The third-order valence-electron chi connectivity index (χ3n) is 6.07. The molecule has 0 heterocycles. The lowest BCUT2D eigenvalue weighted by Gasteiger charge is -2.59. The molecule has 1 unspecified atom stereocenters. The molecule has 19 heavy (non-hydrogen) atoms. The Morgan fingerprint density at radius 3 is 1.95 bits per heavy atom. The smallest absolute Gasteiger partial charge is 0.0727 e. The fraction of sp³-hybridized carbons (Fsp3) is 0.750. The summed E-state index contributed by atoms with van der Waals surface area (Å²) in [5.74, 6) is 0. The summed E-state index contributed by atoms with van der Waals surface area (Å²) in [6.07, 6.45) is 8.29. The van der Waals surface area contributed by atoms with Gasteiger partial charge in [-0.25, -0.2) is 0 Å². The molecular formula is C16H32OSi2. The van der Waals surface area contributed by atoms with Gasteiger partial charge in [-0.3, -0.25) is 0 Å². The minimum absolute atomic E-state index is 0.243. The Morgan fingerprint density at radius 1 is 1.11 bits per heavy atom. The first kappa shape index (κ1) is 16.9. The lowest BCUT2D eigenvalue weighted by atomic mass is 10.0. The van der Waals surface area contributed by atoms with Crippen LogP contribution in [-0.2, 0) is 0 Å².